The fraction of sp³-hybridized carbons (Fsp3) is 0.308. The van der Waals surface area contributed by atoms with Crippen LogP contribution < -0.4 is 0 Å². The molecule has 1 aromatic rings. The molecule has 1 aromatic heterocycles. The summed E-state index contributed by atoms with van der Waals surface area (Å²) in [7, 11) is 1.88. The van der Waals surface area contributed by atoms with E-state index >= 15 is 0 Å². The van der Waals surface area contributed by atoms with Gasteiger partial charge in [-0.1, -0.05) is 50.3 Å². The van der Waals surface area contributed by atoms with Gasteiger partial charge in [-0.25, -0.2) is 9.37 Å². The van der Waals surface area contributed by atoms with Gasteiger partial charge >= 0.3 is 0 Å². The highest BCUT2D eigenvalue weighted by Crippen LogP contribution is 2.31. The number of hydrogen-bond acceptors (Lipinski definition) is 5. The number of halogens is 2. The van der Waals surface area contributed by atoms with Crippen LogP contribution in [0.25, 0.3) is 0 Å². The zero-order valence-corrected chi connectivity index (χ0v) is 21.1. The molecule has 3 rings (SSSR count). The Kier molecular flexibility index (Phi) is 9.37. The largest absolute Gasteiger partial charge is 0.352 e. The number of allylic oxidation sites excluding steroid dienone is 10. The topological polar surface area (TPSA) is 80.5 Å². The molecular formula is C26H30BClFN6. The second kappa shape index (κ2) is 12.4. The molecular weight excluding hydrogens is 462 g/mol. The first kappa shape index (κ1) is 26.4. The predicted octanol–water partition coefficient (Wildman–Crippen LogP) is 6.13. The Balaban J connectivity index is 1.85. The summed E-state index contributed by atoms with van der Waals surface area (Å²) in [5, 5.41) is 18.3. The molecule has 0 aromatic carbocycles. The average Bonchev–Trinajstić information content (AvgIpc) is 3.53. The highest BCUT2D eigenvalue weighted by atomic mass is 35.5. The smallest absolute Gasteiger partial charge is 0.271 e. The van der Waals surface area contributed by atoms with Crippen LogP contribution in [0.4, 0.5) is 4.39 Å². The van der Waals surface area contributed by atoms with Crippen LogP contribution in [0.15, 0.2) is 87.6 Å². The summed E-state index contributed by atoms with van der Waals surface area (Å²) in [4.78, 5) is 9.75. The second-order valence-corrected chi connectivity index (χ2v) is 8.54. The maximum absolute atomic E-state index is 13.5. The summed E-state index contributed by atoms with van der Waals surface area (Å²) >= 11 is 6.44. The second-order valence-electron chi connectivity index (χ2n) is 8.13. The van der Waals surface area contributed by atoms with Crippen LogP contribution in [0.1, 0.15) is 51.0 Å². The maximum Gasteiger partial charge on any atom is 0.271 e. The molecule has 35 heavy (non-hydrogen) atoms. The van der Waals surface area contributed by atoms with Crippen molar-refractivity contribution in [1.82, 2.24) is 14.9 Å². The summed E-state index contributed by atoms with van der Waals surface area (Å²) in [5.41, 5.74) is 5.13. The molecule has 2 aliphatic rings. The van der Waals surface area contributed by atoms with Crippen LogP contribution in [0, 0.1) is 5.41 Å². The molecule has 6 nitrogen and oxygen atoms in total. The van der Waals surface area contributed by atoms with E-state index in [9.17, 15) is 4.39 Å². The van der Waals surface area contributed by atoms with E-state index in [0.717, 1.165) is 41.5 Å². The number of aromatic nitrogens is 2. The van der Waals surface area contributed by atoms with Gasteiger partial charge in [0.15, 0.2) is 0 Å². The first-order valence-electron chi connectivity index (χ1n) is 11.7. The van der Waals surface area contributed by atoms with Gasteiger partial charge in [0.25, 0.3) is 7.28 Å². The quantitative estimate of drug-likeness (QED) is 0.248. The van der Waals surface area contributed by atoms with Gasteiger partial charge in [-0.05, 0) is 55.2 Å². The van der Waals surface area contributed by atoms with E-state index in [-0.39, 0.29) is 0 Å². The number of rotatable bonds is 9. The van der Waals surface area contributed by atoms with Gasteiger partial charge in [0.05, 0.1) is 23.5 Å². The van der Waals surface area contributed by atoms with E-state index in [0.29, 0.717) is 35.1 Å². The third-order valence-corrected chi connectivity index (χ3v) is 6.18. The number of fused-ring (bicyclic) bond motifs is 1. The average molecular weight is 492 g/mol. The van der Waals surface area contributed by atoms with Gasteiger partial charge in [-0.2, -0.15) is 5.10 Å². The van der Waals surface area contributed by atoms with Gasteiger partial charge in [0.2, 0.25) is 0 Å². The van der Waals surface area contributed by atoms with Crippen molar-refractivity contribution in [2.24, 2.45) is 10.2 Å². The lowest BCUT2D eigenvalue weighted by molar-refractivity contribution is 0.362. The Morgan fingerprint density at radius 2 is 2.14 bits per heavy atom. The standard InChI is InChI=1S/C26H30BClFN6/c1-5-8-9-10-20(28)17(4)15-21(30)24-23-22(31-16-32-23)13-14-35(24)26-27-25(33-34-26)18(6-2)11-12-19(29)7-3/h7-12,15-16,24,30H,3,5-6,13-14H2,1-2,4H3,(H,31,32)/b9-8-,17-15+,18-11+,19-12+,20-10+,30-21?. The molecule has 0 fully saturated rings. The van der Waals surface area contributed by atoms with Crippen LogP contribution in [0.3, 0.4) is 0 Å². The van der Waals surface area contributed by atoms with Gasteiger partial charge < -0.3 is 15.3 Å². The number of nitrogens with one attached hydrogen (secondary N) is 2. The molecule has 1 radical (unpaired) electrons. The molecule has 0 saturated carbocycles. The molecule has 1 unspecified atom stereocenters. The highest BCUT2D eigenvalue weighted by Gasteiger charge is 2.36. The van der Waals surface area contributed by atoms with Crippen molar-refractivity contribution >= 4 is 35.9 Å². The molecule has 3 heterocycles. The number of imidazole rings is 1. The van der Waals surface area contributed by atoms with E-state index in [4.69, 9.17) is 17.0 Å². The lowest BCUT2D eigenvalue weighted by Crippen LogP contribution is -2.45. The van der Waals surface area contributed by atoms with Crippen LogP contribution in [0.2, 0.25) is 0 Å². The highest BCUT2D eigenvalue weighted by molar-refractivity contribution is 7.01. The summed E-state index contributed by atoms with van der Waals surface area (Å²) < 4.78 is 13.5. The minimum atomic E-state index is -0.438. The van der Waals surface area contributed by atoms with Crippen molar-refractivity contribution in [2.75, 3.05) is 6.54 Å². The molecule has 2 N–H and O–H groups in total. The molecule has 2 aliphatic heterocycles. The lowest BCUT2D eigenvalue weighted by atomic mass is 9.67. The van der Waals surface area contributed by atoms with E-state index < -0.39 is 11.9 Å². The van der Waals surface area contributed by atoms with E-state index in [1.54, 1.807) is 18.5 Å². The van der Waals surface area contributed by atoms with E-state index in [1.165, 1.54) is 6.08 Å². The van der Waals surface area contributed by atoms with Crippen LogP contribution in [-0.4, -0.2) is 45.7 Å². The normalized spacial score (nSPS) is 19.5. The molecule has 0 bridgehead atoms. The Hall–Kier alpha value is -3.26. The maximum atomic E-state index is 13.5. The van der Waals surface area contributed by atoms with Crippen LogP contribution >= 0.6 is 11.6 Å². The fourth-order valence-electron chi connectivity index (χ4n) is 3.85. The predicted molar refractivity (Wildman–Crippen MR) is 145 cm³/mol. The summed E-state index contributed by atoms with van der Waals surface area (Å²) in [6, 6.07) is -0.438. The minimum absolute atomic E-state index is 0.355. The number of H-pyrrole nitrogens is 1. The van der Waals surface area contributed by atoms with Gasteiger partial charge in [0.1, 0.15) is 11.9 Å². The van der Waals surface area contributed by atoms with Crippen molar-refractivity contribution in [3.05, 3.63) is 88.8 Å². The number of amidine groups is 1. The Morgan fingerprint density at radius 3 is 2.86 bits per heavy atom. The lowest BCUT2D eigenvalue weighted by Gasteiger charge is -2.36. The van der Waals surface area contributed by atoms with Gasteiger partial charge in [-0.3, -0.25) is 0 Å². The zero-order valence-electron chi connectivity index (χ0n) is 20.4. The van der Waals surface area contributed by atoms with Crippen molar-refractivity contribution in [3.8, 4) is 0 Å². The Bertz CT molecular complexity index is 1180. The SMILES string of the molecule is C=C/C(F)=C\C=C(/CC)C1=NN=C(N2CCc3[nH]cnc3C2C(=N)/C=C(C)/C(Cl)=C\C=C/CC)[B]1. The summed E-state index contributed by atoms with van der Waals surface area (Å²) in [6.07, 6.45) is 15.8. The third-order valence-electron chi connectivity index (χ3n) is 5.75. The molecule has 181 valence electrons. The first-order valence-corrected chi connectivity index (χ1v) is 12.0. The molecule has 0 saturated heterocycles. The molecule has 0 aliphatic carbocycles. The number of nitrogens with zero attached hydrogens (tertiary/aromatic N) is 4. The summed E-state index contributed by atoms with van der Waals surface area (Å²) in [6.45, 7) is 10.0. The fourth-order valence-corrected chi connectivity index (χ4v) is 3.98. The van der Waals surface area contributed by atoms with Gasteiger partial charge in [0, 0.05) is 29.3 Å². The molecule has 0 amide bonds. The van der Waals surface area contributed by atoms with Crippen molar-refractivity contribution in [3.63, 3.8) is 0 Å². The van der Waals surface area contributed by atoms with E-state index in [1.807, 2.05) is 44.3 Å². The van der Waals surface area contributed by atoms with Gasteiger partial charge in [-0.15, -0.1) is 5.10 Å². The first-order chi connectivity index (χ1) is 16.9. The molecule has 1 atom stereocenters. The monoisotopic (exact) mass is 491 g/mol. The Morgan fingerprint density at radius 1 is 1.34 bits per heavy atom. The molecule has 9 heteroatoms. The number of aromatic amines is 1. The van der Waals surface area contributed by atoms with Crippen LogP contribution in [-0.2, 0) is 6.42 Å². The van der Waals surface area contributed by atoms with Crippen molar-refractivity contribution in [2.45, 2.75) is 46.1 Å². The Labute approximate surface area is 212 Å². The minimum Gasteiger partial charge on any atom is -0.352 e. The molecule has 0 spiro atoms. The van der Waals surface area contributed by atoms with Crippen molar-refractivity contribution < 1.29 is 4.39 Å². The number of hydrogen-bond donors (Lipinski definition) is 2. The third kappa shape index (κ3) is 6.45. The zero-order chi connectivity index (χ0) is 25.4. The van der Waals surface area contributed by atoms with E-state index in [2.05, 4.69) is 33.7 Å². The summed E-state index contributed by atoms with van der Waals surface area (Å²) in [5.74, 6) is -0.411. The van der Waals surface area contributed by atoms with Crippen molar-refractivity contribution in [1.29, 1.82) is 5.41 Å². The van der Waals surface area contributed by atoms with Crippen LogP contribution in [0.5, 0.6) is 0 Å².